The molecule has 2 rings (SSSR count). The van der Waals surface area contributed by atoms with Crippen molar-refractivity contribution < 1.29 is 26.0 Å². The van der Waals surface area contributed by atoms with E-state index in [0.29, 0.717) is 23.8 Å². The van der Waals surface area contributed by atoms with E-state index < -0.39 is 34.1 Å². The van der Waals surface area contributed by atoms with Gasteiger partial charge >= 0.3 is 6.18 Å². The number of aryl methyl sites for hydroxylation is 1. The molecule has 0 saturated carbocycles. The highest BCUT2D eigenvalue weighted by Gasteiger charge is 2.31. The van der Waals surface area contributed by atoms with Crippen LogP contribution in [0.15, 0.2) is 47.4 Å². The van der Waals surface area contributed by atoms with E-state index in [1.165, 1.54) is 18.2 Å². The predicted molar refractivity (Wildman–Crippen MR) is 76.6 cm³/mol. The van der Waals surface area contributed by atoms with Crippen LogP contribution in [0.3, 0.4) is 0 Å². The van der Waals surface area contributed by atoms with Gasteiger partial charge in [0, 0.05) is 12.1 Å². The van der Waals surface area contributed by atoms with Gasteiger partial charge in [0.25, 0.3) is 0 Å². The molecule has 0 radical (unpaired) electrons. The minimum atomic E-state index is -4.63. The van der Waals surface area contributed by atoms with Crippen LogP contribution in [0.25, 0.3) is 0 Å². The molecule has 3 nitrogen and oxygen atoms in total. The zero-order valence-corrected chi connectivity index (χ0v) is 12.8. The quantitative estimate of drug-likeness (QED) is 0.859. The lowest BCUT2D eigenvalue weighted by Gasteiger charge is -2.11. The fraction of sp³-hybridized carbons (Fsp3) is 0.200. The molecule has 0 fully saturated rings. The van der Waals surface area contributed by atoms with Crippen LogP contribution in [-0.4, -0.2) is 8.42 Å². The minimum Gasteiger partial charge on any atom is -0.207 e. The summed E-state index contributed by atoms with van der Waals surface area (Å²) in [7, 11) is -3.94. The van der Waals surface area contributed by atoms with Gasteiger partial charge in [0.05, 0.1) is 10.5 Å². The highest BCUT2D eigenvalue weighted by Crippen LogP contribution is 2.30. The highest BCUT2D eigenvalue weighted by atomic mass is 32.2. The van der Waals surface area contributed by atoms with Crippen LogP contribution in [0.2, 0.25) is 0 Å². The molecule has 2 aromatic rings. The first-order valence-electron chi connectivity index (χ1n) is 6.51. The smallest absolute Gasteiger partial charge is 0.207 e. The first kappa shape index (κ1) is 17.4. The van der Waals surface area contributed by atoms with Gasteiger partial charge in [0.1, 0.15) is 5.82 Å². The molecule has 0 unspecified atom stereocenters. The second kappa shape index (κ2) is 6.29. The van der Waals surface area contributed by atoms with Crippen LogP contribution in [0.4, 0.5) is 17.6 Å². The third kappa shape index (κ3) is 4.29. The maximum Gasteiger partial charge on any atom is 0.416 e. The number of hydrogen-bond acceptors (Lipinski definition) is 2. The van der Waals surface area contributed by atoms with Gasteiger partial charge in [0.2, 0.25) is 10.0 Å². The number of hydrogen-bond donors (Lipinski definition) is 1. The monoisotopic (exact) mass is 347 g/mol. The predicted octanol–water partition coefficient (Wildman–Crippen LogP) is 3.63. The van der Waals surface area contributed by atoms with Crippen molar-refractivity contribution in [3.05, 3.63) is 65.0 Å². The summed E-state index contributed by atoms with van der Waals surface area (Å²) in [5.41, 5.74) is -0.710. The van der Waals surface area contributed by atoms with E-state index in [9.17, 15) is 26.0 Å². The summed E-state index contributed by atoms with van der Waals surface area (Å²) >= 11 is 0. The molecule has 0 aliphatic rings. The molecule has 124 valence electrons. The molecule has 0 aromatic heterocycles. The molecule has 23 heavy (non-hydrogen) atoms. The lowest BCUT2D eigenvalue weighted by molar-refractivity contribution is -0.137. The molecule has 0 amide bonds. The summed E-state index contributed by atoms with van der Waals surface area (Å²) in [4.78, 5) is -0.0371. The van der Waals surface area contributed by atoms with Crippen LogP contribution < -0.4 is 4.72 Å². The topological polar surface area (TPSA) is 46.2 Å². The normalized spacial score (nSPS) is 12.4. The molecule has 0 aliphatic carbocycles. The maximum atomic E-state index is 13.6. The van der Waals surface area contributed by atoms with Gasteiger partial charge in [-0.1, -0.05) is 12.1 Å². The zero-order valence-electron chi connectivity index (χ0n) is 12.0. The van der Waals surface area contributed by atoms with Gasteiger partial charge in [-0.3, -0.25) is 0 Å². The molecular formula is C15H13F4NO2S. The van der Waals surface area contributed by atoms with Gasteiger partial charge in [-0.15, -0.1) is 0 Å². The van der Waals surface area contributed by atoms with Crippen molar-refractivity contribution in [1.29, 1.82) is 0 Å². The molecular weight excluding hydrogens is 334 g/mol. The van der Waals surface area contributed by atoms with Crippen LogP contribution in [0.5, 0.6) is 0 Å². The van der Waals surface area contributed by atoms with Crippen molar-refractivity contribution in [3.63, 3.8) is 0 Å². The Morgan fingerprint density at radius 2 is 1.78 bits per heavy atom. The van der Waals surface area contributed by atoms with E-state index in [1.54, 1.807) is 13.0 Å². The van der Waals surface area contributed by atoms with Crippen molar-refractivity contribution >= 4 is 10.0 Å². The largest absolute Gasteiger partial charge is 0.416 e. The number of sulfonamides is 1. The standard InChI is InChI=1S/C15H13F4NO2S/c1-10-3-2-4-13(7-10)23(21,22)20-9-11-8-12(15(17,18)19)5-6-14(11)16/h2-8,20H,9H2,1H3. The second-order valence-electron chi connectivity index (χ2n) is 4.95. The summed E-state index contributed by atoms with van der Waals surface area (Å²) in [6.07, 6.45) is -4.63. The molecule has 2 aromatic carbocycles. The van der Waals surface area contributed by atoms with E-state index in [-0.39, 0.29) is 10.5 Å². The van der Waals surface area contributed by atoms with Gasteiger partial charge in [-0.2, -0.15) is 13.2 Å². The number of alkyl halides is 3. The Morgan fingerprint density at radius 3 is 2.39 bits per heavy atom. The summed E-state index contributed by atoms with van der Waals surface area (Å²) in [6.45, 7) is 1.12. The average molecular weight is 347 g/mol. The zero-order chi connectivity index (χ0) is 17.3. The van der Waals surface area contributed by atoms with Gasteiger partial charge in [0.15, 0.2) is 0 Å². The lowest BCUT2D eigenvalue weighted by Crippen LogP contribution is -2.24. The third-order valence-electron chi connectivity index (χ3n) is 3.13. The molecule has 0 saturated heterocycles. The average Bonchev–Trinajstić information content (AvgIpc) is 2.45. The molecule has 0 bridgehead atoms. The molecule has 0 aliphatic heterocycles. The van der Waals surface area contributed by atoms with Crippen molar-refractivity contribution in [2.24, 2.45) is 0 Å². The van der Waals surface area contributed by atoms with Crippen LogP contribution in [0.1, 0.15) is 16.7 Å². The summed E-state index contributed by atoms with van der Waals surface area (Å²) in [5, 5.41) is 0. The van der Waals surface area contributed by atoms with Crippen molar-refractivity contribution in [2.45, 2.75) is 24.5 Å². The SMILES string of the molecule is Cc1cccc(S(=O)(=O)NCc2cc(C(F)(F)F)ccc2F)c1. The van der Waals surface area contributed by atoms with Crippen molar-refractivity contribution in [3.8, 4) is 0 Å². The number of halogens is 4. The second-order valence-corrected chi connectivity index (χ2v) is 6.71. The van der Waals surface area contributed by atoms with E-state index >= 15 is 0 Å². The lowest BCUT2D eigenvalue weighted by atomic mass is 10.1. The first-order chi connectivity index (χ1) is 10.6. The Labute approximate surface area is 131 Å². The Morgan fingerprint density at radius 1 is 1.09 bits per heavy atom. The van der Waals surface area contributed by atoms with E-state index in [1.807, 2.05) is 0 Å². The third-order valence-corrected chi connectivity index (χ3v) is 4.52. The van der Waals surface area contributed by atoms with Crippen LogP contribution >= 0.6 is 0 Å². The maximum absolute atomic E-state index is 13.6. The van der Waals surface area contributed by atoms with Gasteiger partial charge in [-0.25, -0.2) is 17.5 Å². The first-order valence-corrected chi connectivity index (χ1v) is 8.00. The molecule has 0 heterocycles. The Bertz CT molecular complexity index is 816. The van der Waals surface area contributed by atoms with Crippen molar-refractivity contribution in [1.82, 2.24) is 4.72 Å². The van der Waals surface area contributed by atoms with Crippen LogP contribution in [-0.2, 0) is 22.7 Å². The fourth-order valence-electron chi connectivity index (χ4n) is 1.93. The number of benzene rings is 2. The fourth-order valence-corrected chi connectivity index (χ4v) is 3.04. The van der Waals surface area contributed by atoms with E-state index in [2.05, 4.69) is 4.72 Å². The van der Waals surface area contributed by atoms with E-state index in [0.717, 1.165) is 0 Å². The summed E-state index contributed by atoms with van der Waals surface area (Å²) in [5.74, 6) is -0.912. The van der Waals surface area contributed by atoms with Crippen LogP contribution in [0, 0.1) is 12.7 Å². The Kier molecular flexibility index (Phi) is 4.76. The Hall–Kier alpha value is -1.93. The molecule has 8 heteroatoms. The number of rotatable bonds is 4. The minimum absolute atomic E-state index is 0.0371. The molecule has 0 atom stereocenters. The summed E-state index contributed by atoms with van der Waals surface area (Å²) in [6, 6.07) is 7.85. The van der Waals surface area contributed by atoms with Crippen molar-refractivity contribution in [2.75, 3.05) is 0 Å². The Balaban J connectivity index is 2.23. The van der Waals surface area contributed by atoms with Gasteiger partial charge < -0.3 is 0 Å². The summed E-state index contributed by atoms with van der Waals surface area (Å²) < 4.78 is 77.8. The van der Waals surface area contributed by atoms with Gasteiger partial charge in [-0.05, 0) is 42.8 Å². The molecule has 1 N–H and O–H groups in total. The van der Waals surface area contributed by atoms with E-state index in [4.69, 9.17) is 0 Å². The molecule has 0 spiro atoms. The number of nitrogens with one attached hydrogen (secondary N) is 1. The highest BCUT2D eigenvalue weighted by molar-refractivity contribution is 7.89.